The third-order valence-electron chi connectivity index (χ3n) is 4.73. The molecule has 2 aromatic rings. The SMILES string of the molecule is Cc1nc(C)c(C(=O)N2CC[C@](O)(c3cn(C(C)C)nn3)C2)nc1C. The zero-order chi connectivity index (χ0) is 18.4. The lowest BCUT2D eigenvalue weighted by Gasteiger charge is -2.21. The van der Waals surface area contributed by atoms with Crippen molar-refractivity contribution >= 4 is 5.91 Å². The van der Waals surface area contributed by atoms with Crippen molar-refractivity contribution in [1.29, 1.82) is 0 Å². The van der Waals surface area contributed by atoms with Crippen LogP contribution in [-0.2, 0) is 5.60 Å². The van der Waals surface area contributed by atoms with E-state index in [9.17, 15) is 9.90 Å². The maximum atomic E-state index is 12.8. The van der Waals surface area contributed by atoms with E-state index in [2.05, 4.69) is 20.3 Å². The Morgan fingerprint density at radius 1 is 1.20 bits per heavy atom. The molecule has 1 atom stereocenters. The molecule has 1 N–H and O–H groups in total. The number of aryl methyl sites for hydroxylation is 3. The molecule has 0 aliphatic carbocycles. The van der Waals surface area contributed by atoms with Gasteiger partial charge in [-0.3, -0.25) is 9.78 Å². The molecule has 1 amide bonds. The highest BCUT2D eigenvalue weighted by Gasteiger charge is 2.42. The fourth-order valence-corrected chi connectivity index (χ4v) is 2.99. The maximum absolute atomic E-state index is 12.8. The Hall–Kier alpha value is -2.35. The first-order chi connectivity index (χ1) is 11.7. The van der Waals surface area contributed by atoms with Crippen molar-refractivity contribution < 1.29 is 9.90 Å². The van der Waals surface area contributed by atoms with E-state index in [1.165, 1.54) is 0 Å². The molecule has 134 valence electrons. The van der Waals surface area contributed by atoms with Crippen LogP contribution in [0.15, 0.2) is 6.20 Å². The standard InChI is InChI=1S/C17H24N6O2/c1-10(2)23-8-14(20-21-23)17(25)6-7-22(9-17)16(24)15-13(5)18-11(3)12(4)19-15/h8,10,25H,6-7,9H2,1-5H3/t17-/m1/s1. The van der Waals surface area contributed by atoms with Crippen molar-refractivity contribution in [3.63, 3.8) is 0 Å². The van der Waals surface area contributed by atoms with Gasteiger partial charge in [-0.2, -0.15) is 0 Å². The summed E-state index contributed by atoms with van der Waals surface area (Å²) in [4.78, 5) is 23.2. The van der Waals surface area contributed by atoms with Crippen molar-refractivity contribution in [2.24, 2.45) is 0 Å². The van der Waals surface area contributed by atoms with Crippen LogP contribution in [0.3, 0.4) is 0 Å². The fourth-order valence-electron chi connectivity index (χ4n) is 2.99. The normalized spacial score (nSPS) is 20.5. The van der Waals surface area contributed by atoms with Crippen molar-refractivity contribution in [3.8, 4) is 0 Å². The van der Waals surface area contributed by atoms with Crippen LogP contribution in [-0.4, -0.2) is 54.0 Å². The Bertz CT molecular complexity index is 815. The summed E-state index contributed by atoms with van der Waals surface area (Å²) >= 11 is 0. The molecule has 0 bridgehead atoms. The molecule has 3 heterocycles. The Labute approximate surface area is 146 Å². The average Bonchev–Trinajstić information content (AvgIpc) is 3.18. The molecule has 0 aromatic carbocycles. The third-order valence-corrected chi connectivity index (χ3v) is 4.73. The van der Waals surface area contributed by atoms with Gasteiger partial charge in [0, 0.05) is 19.0 Å². The first-order valence-corrected chi connectivity index (χ1v) is 8.47. The second-order valence-electron chi connectivity index (χ2n) is 7.01. The van der Waals surface area contributed by atoms with Gasteiger partial charge in [0.05, 0.1) is 29.8 Å². The number of aliphatic hydroxyl groups is 1. The predicted molar refractivity (Wildman–Crippen MR) is 91.1 cm³/mol. The van der Waals surface area contributed by atoms with Gasteiger partial charge in [-0.1, -0.05) is 5.21 Å². The molecule has 1 aliphatic heterocycles. The Balaban J connectivity index is 1.82. The van der Waals surface area contributed by atoms with Gasteiger partial charge >= 0.3 is 0 Å². The molecule has 3 rings (SSSR count). The van der Waals surface area contributed by atoms with Crippen molar-refractivity contribution in [2.75, 3.05) is 13.1 Å². The number of rotatable bonds is 3. The van der Waals surface area contributed by atoms with Crippen molar-refractivity contribution in [1.82, 2.24) is 29.9 Å². The molecule has 25 heavy (non-hydrogen) atoms. The lowest BCUT2D eigenvalue weighted by atomic mass is 10.00. The third kappa shape index (κ3) is 3.13. The summed E-state index contributed by atoms with van der Waals surface area (Å²) in [6.07, 6.45) is 2.17. The lowest BCUT2D eigenvalue weighted by Crippen LogP contribution is -2.35. The summed E-state index contributed by atoms with van der Waals surface area (Å²) in [6.45, 7) is 10.1. The number of hydrogen-bond donors (Lipinski definition) is 1. The van der Waals surface area contributed by atoms with E-state index in [0.29, 0.717) is 30.0 Å². The molecule has 0 spiro atoms. The summed E-state index contributed by atoms with van der Waals surface area (Å²) in [6, 6.07) is 0.164. The van der Waals surface area contributed by atoms with E-state index in [1.54, 1.807) is 22.7 Å². The number of nitrogens with zero attached hydrogens (tertiary/aromatic N) is 6. The summed E-state index contributed by atoms with van der Waals surface area (Å²) < 4.78 is 1.71. The first kappa shape index (κ1) is 17.5. The van der Waals surface area contributed by atoms with Crippen molar-refractivity contribution in [3.05, 3.63) is 34.7 Å². The summed E-state index contributed by atoms with van der Waals surface area (Å²) in [5, 5.41) is 19.1. The molecule has 2 aromatic heterocycles. The number of likely N-dealkylation sites (tertiary alicyclic amines) is 1. The van der Waals surface area contributed by atoms with Gasteiger partial charge in [-0.25, -0.2) is 9.67 Å². The van der Waals surface area contributed by atoms with Crippen LogP contribution in [0.2, 0.25) is 0 Å². The zero-order valence-corrected chi connectivity index (χ0v) is 15.3. The predicted octanol–water partition coefficient (Wildman–Crippen LogP) is 1.31. The van der Waals surface area contributed by atoms with Crippen LogP contribution in [0.1, 0.15) is 59.6 Å². The van der Waals surface area contributed by atoms with E-state index in [0.717, 1.165) is 11.4 Å². The molecule has 8 heteroatoms. The van der Waals surface area contributed by atoms with Crippen LogP contribution < -0.4 is 0 Å². The number of carbonyl (C=O) groups is 1. The highest BCUT2D eigenvalue weighted by atomic mass is 16.3. The average molecular weight is 344 g/mol. The van der Waals surface area contributed by atoms with Gasteiger partial charge in [-0.05, 0) is 34.6 Å². The molecule has 8 nitrogen and oxygen atoms in total. The highest BCUT2D eigenvalue weighted by Crippen LogP contribution is 2.31. The van der Waals surface area contributed by atoms with Gasteiger partial charge in [0.15, 0.2) is 0 Å². The molecule has 1 fully saturated rings. The monoisotopic (exact) mass is 344 g/mol. The highest BCUT2D eigenvalue weighted by molar-refractivity contribution is 5.93. The largest absolute Gasteiger partial charge is 0.381 e. The molecule has 0 saturated carbocycles. The topological polar surface area (TPSA) is 97.0 Å². The number of β-amino-alcohol motifs (C(OH)–C–C–N with tert-alkyl or cyclic N) is 1. The number of carbonyl (C=O) groups excluding carboxylic acids is 1. The van der Waals surface area contributed by atoms with Crippen LogP contribution >= 0.6 is 0 Å². The fraction of sp³-hybridized carbons (Fsp3) is 0.588. The molecular formula is C17H24N6O2. The lowest BCUT2D eigenvalue weighted by molar-refractivity contribution is 0.0379. The summed E-state index contributed by atoms with van der Waals surface area (Å²) in [5.74, 6) is -0.208. The number of amides is 1. The van der Waals surface area contributed by atoms with E-state index in [1.807, 2.05) is 27.7 Å². The minimum absolute atomic E-state index is 0.164. The first-order valence-electron chi connectivity index (χ1n) is 8.47. The molecule has 0 unspecified atom stereocenters. The van der Waals surface area contributed by atoms with Gasteiger partial charge in [0.2, 0.25) is 0 Å². The van der Waals surface area contributed by atoms with Gasteiger partial charge in [0.25, 0.3) is 5.91 Å². The summed E-state index contributed by atoms with van der Waals surface area (Å²) in [5.41, 5.74) is 1.83. The van der Waals surface area contributed by atoms with Gasteiger partial charge in [0.1, 0.15) is 17.0 Å². The minimum Gasteiger partial charge on any atom is -0.381 e. The Morgan fingerprint density at radius 3 is 2.52 bits per heavy atom. The molecule has 0 radical (unpaired) electrons. The zero-order valence-electron chi connectivity index (χ0n) is 15.3. The second kappa shape index (κ2) is 6.18. The molecule has 1 saturated heterocycles. The smallest absolute Gasteiger partial charge is 0.274 e. The van der Waals surface area contributed by atoms with E-state index in [4.69, 9.17) is 0 Å². The molecular weight excluding hydrogens is 320 g/mol. The maximum Gasteiger partial charge on any atom is 0.274 e. The van der Waals surface area contributed by atoms with Crippen LogP contribution in [0.25, 0.3) is 0 Å². The Morgan fingerprint density at radius 2 is 1.88 bits per heavy atom. The quantitative estimate of drug-likeness (QED) is 0.901. The minimum atomic E-state index is -1.18. The van der Waals surface area contributed by atoms with Crippen molar-refractivity contribution in [2.45, 2.75) is 52.7 Å². The van der Waals surface area contributed by atoms with Crippen LogP contribution in [0.5, 0.6) is 0 Å². The van der Waals surface area contributed by atoms with E-state index in [-0.39, 0.29) is 18.5 Å². The number of aromatic nitrogens is 5. The number of hydrogen-bond acceptors (Lipinski definition) is 6. The van der Waals surface area contributed by atoms with Crippen LogP contribution in [0, 0.1) is 20.8 Å². The van der Waals surface area contributed by atoms with E-state index >= 15 is 0 Å². The van der Waals surface area contributed by atoms with Gasteiger partial charge in [-0.15, -0.1) is 5.10 Å². The summed E-state index contributed by atoms with van der Waals surface area (Å²) in [7, 11) is 0. The molecule has 1 aliphatic rings. The van der Waals surface area contributed by atoms with Crippen LogP contribution in [0.4, 0.5) is 0 Å². The van der Waals surface area contributed by atoms with E-state index < -0.39 is 5.60 Å². The van der Waals surface area contributed by atoms with Gasteiger partial charge < -0.3 is 10.0 Å². The Kier molecular flexibility index (Phi) is 4.32. The second-order valence-corrected chi connectivity index (χ2v) is 7.01.